The summed E-state index contributed by atoms with van der Waals surface area (Å²) in [6.07, 6.45) is 18.6. The van der Waals surface area contributed by atoms with Crippen molar-refractivity contribution in [2.24, 2.45) is 0 Å². The minimum absolute atomic E-state index is 0. The van der Waals surface area contributed by atoms with Crippen molar-refractivity contribution in [2.45, 2.75) is 124 Å². The van der Waals surface area contributed by atoms with Crippen LogP contribution in [0.15, 0.2) is 24.3 Å². The van der Waals surface area contributed by atoms with Crippen molar-refractivity contribution in [3.05, 3.63) is 24.3 Å². The number of likely N-dealkylation sites (N-methyl/N-ethyl adjacent to an activating group) is 1. The van der Waals surface area contributed by atoms with Crippen LogP contribution in [0.2, 0.25) is 0 Å². The van der Waals surface area contributed by atoms with Gasteiger partial charge in [0.1, 0.15) is 13.2 Å². The molecule has 0 fully saturated rings. The van der Waals surface area contributed by atoms with Gasteiger partial charge >= 0.3 is 11.9 Å². The van der Waals surface area contributed by atoms with Crippen LogP contribution in [0.3, 0.4) is 0 Å². The highest BCUT2D eigenvalue weighted by Gasteiger charge is 2.21. The number of amides is 2. The fourth-order valence-electron chi connectivity index (χ4n) is 4.85. The van der Waals surface area contributed by atoms with Crippen molar-refractivity contribution in [1.29, 1.82) is 0 Å². The van der Waals surface area contributed by atoms with Crippen molar-refractivity contribution >= 4 is 23.8 Å². The Hall–Kier alpha value is -1.95. The largest absolute Gasteiger partial charge is 1.00 e. The average molecular weight is 750 g/mol. The lowest BCUT2D eigenvalue weighted by Crippen LogP contribution is -3.00. The summed E-state index contributed by atoms with van der Waals surface area (Å²) in [6, 6.07) is 0. The SMILES string of the molecule is C=C(C)C(=O)OCCC(=O)NCC[N+](C)(CCCCCCCCCCCCCCCC)CCNC(=O)CCOC(=O)C(=C)C.[I-]. The molecule has 0 aliphatic heterocycles. The maximum absolute atomic E-state index is 12.2. The lowest BCUT2D eigenvalue weighted by atomic mass is 10.0. The molecule has 9 nitrogen and oxygen atoms in total. The van der Waals surface area contributed by atoms with Gasteiger partial charge in [-0.2, -0.15) is 0 Å². The van der Waals surface area contributed by atoms with E-state index in [2.05, 4.69) is 37.8 Å². The Labute approximate surface area is 291 Å². The first kappa shape index (κ1) is 45.2. The van der Waals surface area contributed by atoms with E-state index in [-0.39, 0.29) is 61.8 Å². The van der Waals surface area contributed by atoms with E-state index in [1.165, 1.54) is 83.5 Å². The Kier molecular flexibility index (Phi) is 29.6. The number of halogens is 1. The molecule has 0 unspecified atom stereocenters. The van der Waals surface area contributed by atoms with Gasteiger partial charge < -0.3 is 48.6 Å². The van der Waals surface area contributed by atoms with Crippen LogP contribution in [0.25, 0.3) is 0 Å². The van der Waals surface area contributed by atoms with Crippen LogP contribution in [0.5, 0.6) is 0 Å². The standard InChI is InChI=1S/C35H63N3O6.HI/c1-7-8-9-10-11-12-13-14-15-16-17-18-19-20-25-38(6,26-23-36-32(39)21-28-43-34(41)30(2)3)27-24-37-33(40)22-29-44-35(42)31(4)5;/h2,4,7-29H2,1,3,5-6H3,(H-,36,37,39,40);1H. The second kappa shape index (κ2) is 29.5. The molecule has 0 spiro atoms. The third-order valence-electron chi connectivity index (χ3n) is 7.82. The number of nitrogens with zero attached hydrogens (tertiary/aromatic N) is 1. The molecule has 0 bridgehead atoms. The summed E-state index contributed by atoms with van der Waals surface area (Å²) in [5.41, 5.74) is 0.615. The molecule has 10 heteroatoms. The quantitative estimate of drug-likeness (QED) is 0.0400. The molecule has 2 amide bonds. The number of carbonyl (C=O) groups is 4. The number of carbonyl (C=O) groups excluding carboxylic acids is 4. The second-order valence-electron chi connectivity index (χ2n) is 12.4. The van der Waals surface area contributed by atoms with Gasteiger partial charge in [-0.3, -0.25) is 9.59 Å². The molecule has 0 aliphatic rings. The maximum Gasteiger partial charge on any atom is 0.333 e. The van der Waals surface area contributed by atoms with Crippen molar-refractivity contribution in [3.63, 3.8) is 0 Å². The van der Waals surface area contributed by atoms with Crippen LogP contribution < -0.4 is 34.6 Å². The molecular weight excluding hydrogens is 685 g/mol. The summed E-state index contributed by atoms with van der Waals surface area (Å²) in [5.74, 6) is -1.32. The zero-order valence-corrected chi connectivity index (χ0v) is 31.1. The van der Waals surface area contributed by atoms with E-state index in [9.17, 15) is 19.2 Å². The molecule has 0 saturated heterocycles. The summed E-state index contributed by atoms with van der Waals surface area (Å²) < 4.78 is 10.7. The van der Waals surface area contributed by atoms with Crippen molar-refractivity contribution in [2.75, 3.05) is 53.0 Å². The second-order valence-corrected chi connectivity index (χ2v) is 12.4. The molecule has 45 heavy (non-hydrogen) atoms. The van der Waals surface area contributed by atoms with Gasteiger partial charge in [-0.1, -0.05) is 97.1 Å². The van der Waals surface area contributed by atoms with Crippen molar-refractivity contribution in [3.8, 4) is 0 Å². The van der Waals surface area contributed by atoms with Gasteiger partial charge in [-0.25, -0.2) is 9.59 Å². The first-order chi connectivity index (χ1) is 21.0. The van der Waals surface area contributed by atoms with Crippen LogP contribution in [0, 0.1) is 0 Å². The van der Waals surface area contributed by atoms with E-state index in [4.69, 9.17) is 9.47 Å². The monoisotopic (exact) mass is 749 g/mol. The highest BCUT2D eigenvalue weighted by Crippen LogP contribution is 2.14. The summed E-state index contributed by atoms with van der Waals surface area (Å²) in [5, 5.41) is 5.86. The van der Waals surface area contributed by atoms with Gasteiger partial charge in [0.15, 0.2) is 0 Å². The number of quaternary nitrogens is 1. The normalized spacial score (nSPS) is 10.8. The van der Waals surface area contributed by atoms with E-state index in [1.807, 2.05) is 0 Å². The number of unbranched alkanes of at least 4 members (excludes halogenated alkanes) is 13. The van der Waals surface area contributed by atoms with Gasteiger partial charge in [-0.15, -0.1) is 0 Å². The predicted molar refractivity (Wildman–Crippen MR) is 178 cm³/mol. The number of ether oxygens (including phenoxy) is 2. The maximum atomic E-state index is 12.2. The van der Waals surface area contributed by atoms with Gasteiger partial charge in [-0.05, 0) is 26.7 Å². The Morgan fingerprint density at radius 3 is 1.24 bits per heavy atom. The Morgan fingerprint density at radius 1 is 0.578 bits per heavy atom. The summed E-state index contributed by atoms with van der Waals surface area (Å²) in [4.78, 5) is 47.5. The zero-order valence-electron chi connectivity index (χ0n) is 29.0. The lowest BCUT2D eigenvalue weighted by Gasteiger charge is -2.35. The Morgan fingerprint density at radius 2 is 0.911 bits per heavy atom. The third kappa shape index (κ3) is 28.0. The molecule has 0 rings (SSSR count). The smallest absolute Gasteiger partial charge is 0.333 e. The van der Waals surface area contributed by atoms with Crippen LogP contribution >= 0.6 is 0 Å². The van der Waals surface area contributed by atoms with E-state index in [1.54, 1.807) is 13.8 Å². The highest BCUT2D eigenvalue weighted by molar-refractivity contribution is 5.87. The number of esters is 2. The number of nitrogens with one attached hydrogen (secondary N) is 2. The fraction of sp³-hybridized carbons (Fsp3) is 0.771. The highest BCUT2D eigenvalue weighted by atomic mass is 127. The first-order valence-corrected chi connectivity index (χ1v) is 17.0. The molecule has 0 aromatic carbocycles. The molecule has 0 saturated carbocycles. The lowest BCUT2D eigenvalue weighted by molar-refractivity contribution is -0.907. The molecule has 0 aromatic heterocycles. The average Bonchev–Trinajstić information content (AvgIpc) is 2.97. The molecule has 262 valence electrons. The number of hydrogen-bond donors (Lipinski definition) is 2. The molecule has 0 aliphatic carbocycles. The van der Waals surface area contributed by atoms with Crippen molar-refractivity contribution < 1.29 is 57.1 Å². The molecule has 0 atom stereocenters. The predicted octanol–water partition coefficient (Wildman–Crippen LogP) is 3.17. The Balaban J connectivity index is 0. The van der Waals surface area contributed by atoms with Crippen LogP contribution in [0.4, 0.5) is 0 Å². The number of hydrogen-bond acceptors (Lipinski definition) is 6. The van der Waals surface area contributed by atoms with E-state index >= 15 is 0 Å². The van der Waals surface area contributed by atoms with Crippen LogP contribution in [-0.4, -0.2) is 81.2 Å². The summed E-state index contributed by atoms with van der Waals surface area (Å²) in [6.45, 7) is 15.9. The van der Waals surface area contributed by atoms with Gasteiger partial charge in [0.05, 0.1) is 52.6 Å². The van der Waals surface area contributed by atoms with Crippen molar-refractivity contribution in [1.82, 2.24) is 10.6 Å². The third-order valence-corrected chi connectivity index (χ3v) is 7.82. The summed E-state index contributed by atoms with van der Waals surface area (Å²) >= 11 is 0. The molecule has 0 aromatic rings. The van der Waals surface area contributed by atoms with Crippen LogP contribution in [0.1, 0.15) is 124 Å². The summed E-state index contributed by atoms with van der Waals surface area (Å²) in [7, 11) is 2.16. The van der Waals surface area contributed by atoms with Gasteiger partial charge in [0, 0.05) is 11.1 Å². The minimum Gasteiger partial charge on any atom is -1.00 e. The molecule has 0 heterocycles. The fourth-order valence-corrected chi connectivity index (χ4v) is 4.85. The van der Waals surface area contributed by atoms with E-state index < -0.39 is 11.9 Å². The zero-order chi connectivity index (χ0) is 33.1. The topological polar surface area (TPSA) is 111 Å². The van der Waals surface area contributed by atoms with E-state index in [0.717, 1.165) is 26.1 Å². The molecule has 0 radical (unpaired) electrons. The molecule has 2 N–H and O–H groups in total. The van der Waals surface area contributed by atoms with Gasteiger partial charge in [0.25, 0.3) is 0 Å². The minimum atomic E-state index is -0.494. The number of rotatable bonds is 29. The first-order valence-electron chi connectivity index (χ1n) is 17.0. The van der Waals surface area contributed by atoms with Crippen LogP contribution in [-0.2, 0) is 28.7 Å². The molecular formula is C35H64IN3O6. The van der Waals surface area contributed by atoms with E-state index in [0.29, 0.717) is 28.7 Å². The Bertz CT molecular complexity index is 814. The van der Waals surface area contributed by atoms with Gasteiger partial charge in [0.2, 0.25) is 11.8 Å².